The quantitative estimate of drug-likeness (QED) is 0.813. The first kappa shape index (κ1) is 11.9. The summed E-state index contributed by atoms with van der Waals surface area (Å²) in [4.78, 5) is 1.98. The fourth-order valence-electron chi connectivity index (χ4n) is 2.16. The zero-order chi connectivity index (χ0) is 12.4. The number of ether oxygens (including phenoxy) is 1. The van der Waals surface area contributed by atoms with Crippen LogP contribution in [0.5, 0.6) is 0 Å². The zero-order valence-electron chi connectivity index (χ0n) is 10.8. The summed E-state index contributed by atoms with van der Waals surface area (Å²) in [6.45, 7) is 2.36. The minimum Gasteiger partial charge on any atom is -0.407 e. The highest BCUT2D eigenvalue weighted by Gasteiger charge is 2.22. The maximum Gasteiger partial charge on any atom is 0.318 e. The van der Waals surface area contributed by atoms with Crippen molar-refractivity contribution in [3.05, 3.63) is 5.89 Å². The molecule has 1 aliphatic carbocycles. The summed E-state index contributed by atoms with van der Waals surface area (Å²) in [5, 5.41) is 11.5. The summed E-state index contributed by atoms with van der Waals surface area (Å²) in [5.74, 6) is 0.663. The van der Waals surface area contributed by atoms with E-state index in [0.717, 1.165) is 26.0 Å². The second-order valence-corrected chi connectivity index (χ2v) is 5.15. The van der Waals surface area contributed by atoms with E-state index in [1.807, 2.05) is 11.9 Å². The number of hydrogen-bond donors (Lipinski definition) is 1. The first-order valence-corrected chi connectivity index (χ1v) is 6.70. The highest BCUT2D eigenvalue weighted by molar-refractivity contribution is 5.22. The Morgan fingerprint density at radius 1 is 1.33 bits per heavy atom. The number of likely N-dealkylation sites (N-methyl/N-ethyl adjacent to an activating group) is 1. The maximum absolute atomic E-state index is 5.62. The van der Waals surface area contributed by atoms with Crippen molar-refractivity contribution in [3.63, 3.8) is 0 Å². The van der Waals surface area contributed by atoms with Crippen molar-refractivity contribution in [2.24, 2.45) is 0 Å². The smallest absolute Gasteiger partial charge is 0.318 e. The van der Waals surface area contributed by atoms with Crippen LogP contribution in [0, 0.1) is 0 Å². The molecule has 100 valence electrons. The molecule has 0 spiro atoms. The molecule has 6 heteroatoms. The van der Waals surface area contributed by atoms with Crippen LogP contribution in [0.4, 0.5) is 6.01 Å². The van der Waals surface area contributed by atoms with E-state index in [-0.39, 0.29) is 0 Å². The van der Waals surface area contributed by atoms with Gasteiger partial charge in [-0.15, -0.1) is 5.10 Å². The van der Waals surface area contributed by atoms with Gasteiger partial charge >= 0.3 is 6.01 Å². The predicted molar refractivity (Wildman–Crippen MR) is 66.4 cm³/mol. The van der Waals surface area contributed by atoms with Crippen LogP contribution < -0.4 is 10.2 Å². The number of nitrogens with zero attached hydrogens (tertiary/aromatic N) is 3. The van der Waals surface area contributed by atoms with Gasteiger partial charge in [0.25, 0.3) is 0 Å². The molecule has 2 aliphatic rings. The molecule has 0 radical (unpaired) electrons. The number of anilines is 1. The van der Waals surface area contributed by atoms with Gasteiger partial charge in [-0.25, -0.2) is 0 Å². The van der Waals surface area contributed by atoms with Gasteiger partial charge in [0.2, 0.25) is 5.89 Å². The van der Waals surface area contributed by atoms with Crippen molar-refractivity contribution in [1.29, 1.82) is 0 Å². The van der Waals surface area contributed by atoms with E-state index in [9.17, 15) is 0 Å². The third-order valence-electron chi connectivity index (χ3n) is 3.40. The molecule has 0 bridgehead atoms. The lowest BCUT2D eigenvalue weighted by molar-refractivity contribution is 0.115. The minimum absolute atomic E-state index is 0.301. The Balaban J connectivity index is 1.50. The summed E-state index contributed by atoms with van der Waals surface area (Å²) in [6.07, 6.45) is 5.10. The van der Waals surface area contributed by atoms with Crippen LogP contribution in [-0.4, -0.2) is 42.5 Å². The Morgan fingerprint density at radius 3 is 2.94 bits per heavy atom. The molecule has 1 aromatic rings. The normalized spacial score (nSPS) is 23.5. The first-order valence-electron chi connectivity index (χ1n) is 6.70. The van der Waals surface area contributed by atoms with Crippen LogP contribution in [0.3, 0.4) is 0 Å². The fraction of sp³-hybridized carbons (Fsp3) is 0.833. The summed E-state index contributed by atoms with van der Waals surface area (Å²) in [6, 6.07) is 1.24. The van der Waals surface area contributed by atoms with Gasteiger partial charge in [0.1, 0.15) is 0 Å². The molecule has 1 aromatic heterocycles. The molecular weight excluding hydrogens is 232 g/mol. The topological polar surface area (TPSA) is 63.4 Å². The average Bonchev–Trinajstić information content (AvgIpc) is 2.88. The minimum atomic E-state index is 0.301. The van der Waals surface area contributed by atoms with Crippen molar-refractivity contribution in [2.45, 2.75) is 44.4 Å². The number of aromatic nitrogens is 2. The molecule has 1 N–H and O–H groups in total. The molecule has 1 aliphatic heterocycles. The summed E-state index contributed by atoms with van der Waals surface area (Å²) < 4.78 is 11.2. The molecule has 1 saturated heterocycles. The van der Waals surface area contributed by atoms with Crippen LogP contribution >= 0.6 is 0 Å². The van der Waals surface area contributed by atoms with Crippen molar-refractivity contribution in [3.8, 4) is 0 Å². The predicted octanol–water partition coefficient (Wildman–Crippen LogP) is 0.937. The molecular formula is C12H20N4O2. The van der Waals surface area contributed by atoms with Crippen LogP contribution in [0.15, 0.2) is 4.42 Å². The Labute approximate surface area is 107 Å². The van der Waals surface area contributed by atoms with E-state index < -0.39 is 0 Å². The van der Waals surface area contributed by atoms with E-state index in [2.05, 4.69) is 15.5 Å². The third kappa shape index (κ3) is 3.00. The Morgan fingerprint density at radius 2 is 2.22 bits per heavy atom. The van der Waals surface area contributed by atoms with Crippen molar-refractivity contribution < 1.29 is 9.15 Å². The molecule has 1 atom stereocenters. The summed E-state index contributed by atoms with van der Waals surface area (Å²) in [5.41, 5.74) is 0. The Bertz CT molecular complexity index is 385. The molecule has 1 unspecified atom stereocenters. The van der Waals surface area contributed by atoms with Gasteiger partial charge in [-0.3, -0.25) is 0 Å². The highest BCUT2D eigenvalue weighted by atomic mass is 16.5. The van der Waals surface area contributed by atoms with Crippen LogP contribution in [0.25, 0.3) is 0 Å². The molecule has 3 rings (SSSR count). The number of nitrogens with one attached hydrogen (secondary N) is 1. The molecule has 6 nitrogen and oxygen atoms in total. The second-order valence-electron chi connectivity index (χ2n) is 5.15. The van der Waals surface area contributed by atoms with Gasteiger partial charge < -0.3 is 19.4 Å². The molecule has 1 saturated carbocycles. The van der Waals surface area contributed by atoms with Crippen molar-refractivity contribution in [1.82, 2.24) is 15.5 Å². The van der Waals surface area contributed by atoms with Gasteiger partial charge in [-0.05, 0) is 25.7 Å². The third-order valence-corrected chi connectivity index (χ3v) is 3.40. The standard InChI is InChI=1S/C12H20N4O2/c1-16(8-10-3-2-6-17-10)12-15-14-11(18-12)7-13-9-4-5-9/h9-10,13H,2-8H2,1H3. The van der Waals surface area contributed by atoms with Gasteiger partial charge in [-0.1, -0.05) is 5.10 Å². The maximum atomic E-state index is 5.62. The lowest BCUT2D eigenvalue weighted by Gasteiger charge is -2.17. The van der Waals surface area contributed by atoms with E-state index in [4.69, 9.17) is 9.15 Å². The first-order chi connectivity index (χ1) is 8.81. The Hall–Kier alpha value is -1.14. The monoisotopic (exact) mass is 252 g/mol. The molecule has 2 fully saturated rings. The lowest BCUT2D eigenvalue weighted by Crippen LogP contribution is -2.28. The summed E-state index contributed by atoms with van der Waals surface area (Å²) >= 11 is 0. The van der Waals surface area contributed by atoms with Crippen LogP contribution in [-0.2, 0) is 11.3 Å². The summed E-state index contributed by atoms with van der Waals surface area (Å²) in [7, 11) is 1.97. The average molecular weight is 252 g/mol. The van der Waals surface area contributed by atoms with E-state index in [1.54, 1.807) is 0 Å². The second kappa shape index (κ2) is 5.24. The lowest BCUT2D eigenvalue weighted by atomic mass is 10.2. The van der Waals surface area contributed by atoms with Gasteiger partial charge in [0, 0.05) is 26.2 Å². The van der Waals surface area contributed by atoms with E-state index in [0.29, 0.717) is 30.6 Å². The van der Waals surface area contributed by atoms with Gasteiger partial charge in [0.15, 0.2) is 0 Å². The van der Waals surface area contributed by atoms with Crippen molar-refractivity contribution >= 4 is 6.01 Å². The van der Waals surface area contributed by atoms with Gasteiger partial charge in [-0.2, -0.15) is 0 Å². The molecule has 18 heavy (non-hydrogen) atoms. The van der Waals surface area contributed by atoms with Gasteiger partial charge in [0.05, 0.1) is 12.6 Å². The number of rotatable bonds is 6. The largest absolute Gasteiger partial charge is 0.407 e. The van der Waals surface area contributed by atoms with Crippen LogP contribution in [0.1, 0.15) is 31.6 Å². The fourth-order valence-corrected chi connectivity index (χ4v) is 2.16. The van der Waals surface area contributed by atoms with E-state index >= 15 is 0 Å². The van der Waals surface area contributed by atoms with Crippen LogP contribution in [0.2, 0.25) is 0 Å². The molecule has 2 heterocycles. The molecule has 0 amide bonds. The van der Waals surface area contributed by atoms with E-state index in [1.165, 1.54) is 12.8 Å². The Kier molecular flexibility index (Phi) is 3.47. The SMILES string of the molecule is CN(CC1CCCO1)c1nnc(CNC2CC2)o1. The zero-order valence-corrected chi connectivity index (χ0v) is 10.8. The number of hydrogen-bond acceptors (Lipinski definition) is 6. The highest BCUT2D eigenvalue weighted by Crippen LogP contribution is 2.20. The molecule has 0 aromatic carbocycles. The van der Waals surface area contributed by atoms with Crippen molar-refractivity contribution in [2.75, 3.05) is 25.1 Å².